The topological polar surface area (TPSA) is 109 Å². The van der Waals surface area contributed by atoms with Crippen LogP contribution in [0.15, 0.2) is 146 Å². The molecule has 3 heterocycles. The van der Waals surface area contributed by atoms with Gasteiger partial charge in [0.15, 0.2) is 12.2 Å². The summed E-state index contributed by atoms with van der Waals surface area (Å²) < 4.78 is 40.6. The number of ether oxygens (including phenoxy) is 7. The predicted octanol–water partition coefficient (Wildman–Crippen LogP) is 11.3. The predicted molar refractivity (Wildman–Crippen MR) is 265 cm³/mol. The molecule has 11 heteroatoms. The van der Waals surface area contributed by atoms with Gasteiger partial charge in [0.25, 0.3) is 0 Å². The zero-order chi connectivity index (χ0) is 47.5. The molecule has 6 aromatic rings. The summed E-state index contributed by atoms with van der Waals surface area (Å²) >= 11 is 0. The number of anilines is 2. The molecular weight excluding hydrogens is 869 g/mol. The Kier molecular flexibility index (Phi) is 13.0. The van der Waals surface area contributed by atoms with Gasteiger partial charge in [0.1, 0.15) is 48.9 Å². The highest BCUT2D eigenvalue weighted by atomic mass is 16.6. The van der Waals surface area contributed by atoms with E-state index in [0.29, 0.717) is 31.9 Å². The third-order valence-corrected chi connectivity index (χ3v) is 13.8. The van der Waals surface area contributed by atoms with Crippen LogP contribution < -0.4 is 28.7 Å². The molecule has 4 aliphatic rings. The van der Waals surface area contributed by atoms with Crippen LogP contribution in [0.4, 0.5) is 21.0 Å². The molecule has 2 amide bonds. The van der Waals surface area contributed by atoms with Gasteiger partial charge in [0, 0.05) is 22.2 Å². The van der Waals surface area contributed by atoms with Crippen LogP contribution in [0.5, 0.6) is 23.0 Å². The molecule has 3 atom stereocenters. The van der Waals surface area contributed by atoms with Crippen molar-refractivity contribution < 1.29 is 42.7 Å². The van der Waals surface area contributed by atoms with E-state index in [2.05, 4.69) is 88.4 Å². The van der Waals surface area contributed by atoms with Gasteiger partial charge in [-0.3, -0.25) is 9.80 Å². The number of carbonyl (C=O) groups excluding carboxylic acids is 2. The molecule has 3 aliphatic heterocycles. The molecule has 1 saturated carbocycles. The smallest absolute Gasteiger partial charge is 0.414 e. The second kappa shape index (κ2) is 19.6. The number of benzene rings is 6. The van der Waals surface area contributed by atoms with Crippen LogP contribution in [0.2, 0.25) is 0 Å². The second-order valence-corrected chi connectivity index (χ2v) is 19.7. The lowest BCUT2D eigenvalue weighted by Crippen LogP contribution is -2.26. The quantitative estimate of drug-likeness (QED) is 0.0691. The van der Waals surface area contributed by atoms with Gasteiger partial charge in [-0.15, -0.1) is 0 Å². The standard InChI is InChI=1S/C58H60N2O9/c1-57(2,42-11-23-48(24-12-42)63-34-41-5-6-41)43-13-25-49(26-14-43)64-35-52-32-59(55(61)68-52)46-19-7-39(8-20-46)31-40-9-21-47(22-10-40)60-33-53(69-56(60)62)36-65-50-27-15-44(16-28-50)58(3,4)45-17-29-51(30-18-45)66-37-54-38-67-54/h7-30,41,52-54H,5-6,31-38H2,1-4H3. The Morgan fingerprint density at radius 2 is 0.768 bits per heavy atom. The minimum Gasteiger partial charge on any atom is -0.493 e. The van der Waals surface area contributed by atoms with E-state index in [1.807, 2.05) is 84.9 Å². The maximum absolute atomic E-state index is 12.9. The summed E-state index contributed by atoms with van der Waals surface area (Å²) in [7, 11) is 0. The minimum absolute atomic E-state index is 0.200. The van der Waals surface area contributed by atoms with E-state index in [0.717, 1.165) is 64.4 Å². The SMILES string of the molecule is CC(C)(c1ccc(OCC2CC2)cc1)c1ccc(OCC2CN(c3ccc(Cc4ccc(N5CC(COc6ccc(C(C)(C)c7ccc(OCC8CO8)cc7)cc6)OC5=O)cc4)cc3)C(=O)O2)cc1. The molecule has 4 fully saturated rings. The fourth-order valence-electron chi connectivity index (χ4n) is 8.90. The molecule has 0 N–H and O–H groups in total. The highest BCUT2D eigenvalue weighted by Crippen LogP contribution is 2.36. The molecule has 3 saturated heterocycles. The lowest BCUT2D eigenvalue weighted by molar-refractivity contribution is 0.104. The molecule has 3 unspecified atom stereocenters. The van der Waals surface area contributed by atoms with Gasteiger partial charge in [-0.1, -0.05) is 100 Å². The Morgan fingerprint density at radius 3 is 1.09 bits per heavy atom. The van der Waals surface area contributed by atoms with Crippen LogP contribution in [0.25, 0.3) is 0 Å². The number of nitrogens with zero attached hydrogens (tertiary/aromatic N) is 2. The second-order valence-electron chi connectivity index (χ2n) is 19.7. The van der Waals surface area contributed by atoms with E-state index < -0.39 is 18.3 Å². The Bertz CT molecular complexity index is 2510. The molecule has 11 nitrogen and oxygen atoms in total. The molecule has 10 rings (SSSR count). The van der Waals surface area contributed by atoms with Gasteiger partial charge in [0.05, 0.1) is 26.3 Å². The Morgan fingerprint density at radius 1 is 0.449 bits per heavy atom. The van der Waals surface area contributed by atoms with Crippen LogP contribution in [0.1, 0.15) is 73.9 Å². The number of epoxide rings is 1. The van der Waals surface area contributed by atoms with Crippen LogP contribution >= 0.6 is 0 Å². The summed E-state index contributed by atoms with van der Waals surface area (Å²) in [5.74, 6) is 3.92. The molecule has 0 spiro atoms. The van der Waals surface area contributed by atoms with E-state index in [9.17, 15) is 9.59 Å². The van der Waals surface area contributed by atoms with Crippen molar-refractivity contribution in [1.82, 2.24) is 0 Å². The van der Waals surface area contributed by atoms with Crippen molar-refractivity contribution in [2.75, 3.05) is 55.9 Å². The molecule has 0 bridgehead atoms. The number of carbonyl (C=O) groups is 2. The van der Waals surface area contributed by atoms with Gasteiger partial charge < -0.3 is 33.2 Å². The average molecular weight is 929 g/mol. The van der Waals surface area contributed by atoms with Crippen LogP contribution in [-0.4, -0.2) is 76.6 Å². The fraction of sp³-hybridized carbons (Fsp3) is 0.345. The molecular formula is C58H60N2O9. The average Bonchev–Trinajstić information content (AvgIpc) is 4.31. The summed E-state index contributed by atoms with van der Waals surface area (Å²) in [5.41, 5.74) is 8.02. The monoisotopic (exact) mass is 928 g/mol. The van der Waals surface area contributed by atoms with E-state index >= 15 is 0 Å². The van der Waals surface area contributed by atoms with Gasteiger partial charge in [-0.2, -0.15) is 0 Å². The summed E-state index contributed by atoms with van der Waals surface area (Å²) in [4.78, 5) is 29.2. The third-order valence-electron chi connectivity index (χ3n) is 13.8. The molecule has 6 aromatic carbocycles. The number of rotatable bonds is 20. The summed E-state index contributed by atoms with van der Waals surface area (Å²) in [5, 5.41) is 0. The van der Waals surface area contributed by atoms with Crippen molar-refractivity contribution >= 4 is 23.6 Å². The largest absolute Gasteiger partial charge is 0.493 e. The first-order valence-corrected chi connectivity index (χ1v) is 24.1. The molecule has 356 valence electrons. The van der Waals surface area contributed by atoms with Crippen molar-refractivity contribution in [3.05, 3.63) is 179 Å². The number of hydrogen-bond acceptors (Lipinski definition) is 9. The number of hydrogen-bond donors (Lipinski definition) is 0. The Hall–Kier alpha value is -6.98. The van der Waals surface area contributed by atoms with Gasteiger partial charge in [0.2, 0.25) is 0 Å². The lowest BCUT2D eigenvalue weighted by atomic mass is 9.78. The zero-order valence-corrected chi connectivity index (χ0v) is 39.8. The minimum atomic E-state index is -0.406. The fourth-order valence-corrected chi connectivity index (χ4v) is 8.90. The number of amides is 2. The van der Waals surface area contributed by atoms with Crippen LogP contribution in [0.3, 0.4) is 0 Å². The Balaban J connectivity index is 0.658. The maximum Gasteiger partial charge on any atom is 0.414 e. The molecule has 0 radical (unpaired) electrons. The summed E-state index contributed by atoms with van der Waals surface area (Å²) in [6.07, 6.45) is 1.88. The highest BCUT2D eigenvalue weighted by molar-refractivity contribution is 5.90. The van der Waals surface area contributed by atoms with E-state index in [4.69, 9.17) is 33.2 Å². The van der Waals surface area contributed by atoms with Crippen molar-refractivity contribution in [3.8, 4) is 23.0 Å². The van der Waals surface area contributed by atoms with Gasteiger partial charge in [-0.05, 0) is 131 Å². The number of cyclic esters (lactones) is 2. The Labute approximate surface area is 404 Å². The maximum atomic E-state index is 12.9. The summed E-state index contributed by atoms with van der Waals surface area (Å²) in [6.45, 7) is 12.3. The zero-order valence-electron chi connectivity index (χ0n) is 39.8. The van der Waals surface area contributed by atoms with E-state index in [-0.39, 0.29) is 36.2 Å². The first kappa shape index (κ1) is 45.8. The van der Waals surface area contributed by atoms with E-state index in [1.165, 1.54) is 29.5 Å². The van der Waals surface area contributed by atoms with Gasteiger partial charge >= 0.3 is 12.2 Å². The van der Waals surface area contributed by atoms with Crippen molar-refractivity contribution in [2.45, 2.75) is 76.1 Å². The van der Waals surface area contributed by atoms with Gasteiger partial charge in [-0.25, -0.2) is 9.59 Å². The van der Waals surface area contributed by atoms with Crippen molar-refractivity contribution in [2.24, 2.45) is 5.92 Å². The highest BCUT2D eigenvalue weighted by Gasteiger charge is 2.35. The molecule has 1 aliphatic carbocycles. The third kappa shape index (κ3) is 11.0. The first-order chi connectivity index (χ1) is 33.4. The van der Waals surface area contributed by atoms with E-state index in [1.54, 1.807) is 9.80 Å². The molecule has 0 aromatic heterocycles. The molecule has 69 heavy (non-hydrogen) atoms. The van der Waals surface area contributed by atoms with Crippen molar-refractivity contribution in [3.63, 3.8) is 0 Å². The lowest BCUT2D eigenvalue weighted by Gasteiger charge is -2.26. The van der Waals surface area contributed by atoms with Crippen molar-refractivity contribution in [1.29, 1.82) is 0 Å². The summed E-state index contributed by atoms with van der Waals surface area (Å²) in [6, 6.07) is 48.8. The normalized spacial score (nSPS) is 19.0. The van der Waals surface area contributed by atoms with Crippen LogP contribution in [-0.2, 0) is 31.5 Å². The van der Waals surface area contributed by atoms with Crippen LogP contribution in [0, 0.1) is 5.92 Å². The first-order valence-electron chi connectivity index (χ1n) is 24.1.